The molecule has 0 aromatic heterocycles. The molecule has 0 heterocycles. The molecule has 1 rings (SSSR count). The van der Waals surface area contributed by atoms with E-state index in [1.54, 1.807) is 12.1 Å². The Morgan fingerprint density at radius 2 is 1.88 bits per heavy atom. The van der Waals surface area contributed by atoms with Crippen LogP contribution in [0.1, 0.15) is 32.3 Å². The summed E-state index contributed by atoms with van der Waals surface area (Å²) in [5.41, 5.74) is 6.72. The Kier molecular flexibility index (Phi) is 4.01. The number of nitrogens with two attached hydrogens (primary N) is 1. The van der Waals surface area contributed by atoms with Crippen LogP contribution < -0.4 is 5.73 Å². The molecule has 0 aliphatic heterocycles. The molecule has 0 unspecified atom stereocenters. The Labute approximate surface area is 95.6 Å². The first-order valence-corrected chi connectivity index (χ1v) is 5.53. The van der Waals surface area contributed by atoms with Gasteiger partial charge in [-0.3, -0.25) is 10.1 Å². The van der Waals surface area contributed by atoms with Crippen LogP contribution in [0, 0.1) is 10.1 Å². The zero-order valence-electron chi connectivity index (χ0n) is 9.77. The third-order valence-electron chi connectivity index (χ3n) is 3.14. The summed E-state index contributed by atoms with van der Waals surface area (Å²) in [6.45, 7) is 4.02. The molecule has 1 aromatic carbocycles. The second kappa shape index (κ2) is 5.07. The van der Waals surface area contributed by atoms with Crippen molar-refractivity contribution in [3.05, 3.63) is 39.9 Å². The van der Waals surface area contributed by atoms with Gasteiger partial charge >= 0.3 is 0 Å². The van der Waals surface area contributed by atoms with E-state index < -0.39 is 0 Å². The quantitative estimate of drug-likeness (QED) is 0.615. The Hall–Kier alpha value is -1.42. The summed E-state index contributed by atoms with van der Waals surface area (Å²) in [7, 11) is 0. The van der Waals surface area contributed by atoms with Crippen molar-refractivity contribution in [1.29, 1.82) is 0 Å². The lowest BCUT2D eigenvalue weighted by Crippen LogP contribution is -2.40. The van der Waals surface area contributed by atoms with Gasteiger partial charge in [-0.1, -0.05) is 32.0 Å². The van der Waals surface area contributed by atoms with E-state index in [1.165, 1.54) is 6.07 Å². The highest BCUT2D eigenvalue weighted by Crippen LogP contribution is 2.25. The molecule has 4 heteroatoms. The lowest BCUT2D eigenvalue weighted by molar-refractivity contribution is -0.385. The van der Waals surface area contributed by atoms with Gasteiger partial charge in [0.25, 0.3) is 5.69 Å². The summed E-state index contributed by atoms with van der Waals surface area (Å²) in [5, 5.41) is 10.8. The molecule has 0 aliphatic carbocycles. The number of nitro groups is 1. The molecule has 0 amide bonds. The Morgan fingerprint density at radius 1 is 1.31 bits per heavy atom. The summed E-state index contributed by atoms with van der Waals surface area (Å²) < 4.78 is 0. The van der Waals surface area contributed by atoms with Gasteiger partial charge in [0.1, 0.15) is 0 Å². The first-order valence-electron chi connectivity index (χ1n) is 5.53. The maximum absolute atomic E-state index is 10.8. The molecule has 4 nitrogen and oxygen atoms in total. The van der Waals surface area contributed by atoms with Crippen molar-refractivity contribution in [3.63, 3.8) is 0 Å². The second-order valence-electron chi connectivity index (χ2n) is 4.13. The molecule has 0 saturated carbocycles. The van der Waals surface area contributed by atoms with Crippen molar-refractivity contribution in [1.82, 2.24) is 0 Å². The van der Waals surface area contributed by atoms with Crippen LogP contribution in [-0.2, 0) is 6.42 Å². The fraction of sp³-hybridized carbons (Fsp3) is 0.500. The number of rotatable bonds is 5. The minimum Gasteiger partial charge on any atom is -0.325 e. The van der Waals surface area contributed by atoms with Crippen LogP contribution in [0.3, 0.4) is 0 Å². The van der Waals surface area contributed by atoms with Crippen molar-refractivity contribution >= 4 is 5.69 Å². The summed E-state index contributed by atoms with van der Waals surface area (Å²) >= 11 is 0. The van der Waals surface area contributed by atoms with Gasteiger partial charge in [0.05, 0.1) is 4.92 Å². The summed E-state index contributed by atoms with van der Waals surface area (Å²) in [4.78, 5) is 10.5. The van der Waals surface area contributed by atoms with E-state index in [0.29, 0.717) is 6.42 Å². The van der Waals surface area contributed by atoms with Crippen LogP contribution in [0.2, 0.25) is 0 Å². The second-order valence-corrected chi connectivity index (χ2v) is 4.13. The molecule has 0 aliphatic rings. The van der Waals surface area contributed by atoms with Crippen molar-refractivity contribution in [2.24, 2.45) is 5.73 Å². The maximum Gasteiger partial charge on any atom is 0.272 e. The SMILES string of the molecule is CCC(N)(CC)Cc1ccccc1[N+](=O)[O-]. The molecule has 88 valence electrons. The van der Waals surface area contributed by atoms with E-state index >= 15 is 0 Å². The molecular formula is C12H18N2O2. The van der Waals surface area contributed by atoms with Gasteiger partial charge in [-0.05, 0) is 19.3 Å². The number of para-hydroxylation sites is 1. The standard InChI is InChI=1S/C12H18N2O2/c1-3-12(13,4-2)9-10-7-5-6-8-11(10)14(15)16/h5-8H,3-4,9,13H2,1-2H3. The normalized spacial score (nSPS) is 11.4. The fourth-order valence-corrected chi connectivity index (χ4v) is 1.72. The largest absolute Gasteiger partial charge is 0.325 e. The van der Waals surface area contributed by atoms with E-state index in [9.17, 15) is 10.1 Å². The first-order chi connectivity index (χ1) is 7.52. The molecule has 1 aromatic rings. The van der Waals surface area contributed by atoms with Gasteiger partial charge in [-0.15, -0.1) is 0 Å². The van der Waals surface area contributed by atoms with Crippen molar-refractivity contribution < 1.29 is 4.92 Å². The van der Waals surface area contributed by atoms with E-state index in [2.05, 4.69) is 0 Å². The average Bonchev–Trinajstić information content (AvgIpc) is 2.29. The van der Waals surface area contributed by atoms with Crippen LogP contribution in [-0.4, -0.2) is 10.5 Å². The van der Waals surface area contributed by atoms with Gasteiger partial charge < -0.3 is 5.73 Å². The van der Waals surface area contributed by atoms with Gasteiger partial charge in [0.2, 0.25) is 0 Å². The number of nitrogens with zero attached hydrogens (tertiary/aromatic N) is 1. The van der Waals surface area contributed by atoms with E-state index in [-0.39, 0.29) is 16.1 Å². The molecule has 0 bridgehead atoms. The summed E-state index contributed by atoms with van der Waals surface area (Å²) in [6, 6.07) is 6.80. The van der Waals surface area contributed by atoms with Crippen LogP contribution in [0.15, 0.2) is 24.3 Å². The predicted octanol–water partition coefficient (Wildman–Crippen LogP) is 2.65. The third-order valence-corrected chi connectivity index (χ3v) is 3.14. The molecule has 0 spiro atoms. The van der Waals surface area contributed by atoms with Crippen molar-refractivity contribution in [3.8, 4) is 0 Å². The van der Waals surface area contributed by atoms with Gasteiger partial charge in [0.15, 0.2) is 0 Å². The first kappa shape index (κ1) is 12.6. The molecule has 2 N–H and O–H groups in total. The topological polar surface area (TPSA) is 69.2 Å². The monoisotopic (exact) mass is 222 g/mol. The number of nitro benzene ring substituents is 1. The molecule has 0 radical (unpaired) electrons. The number of benzene rings is 1. The lowest BCUT2D eigenvalue weighted by Gasteiger charge is -2.26. The minimum absolute atomic E-state index is 0.166. The number of hydrogen-bond donors (Lipinski definition) is 1. The van der Waals surface area contributed by atoms with E-state index in [0.717, 1.165) is 18.4 Å². The smallest absolute Gasteiger partial charge is 0.272 e. The average molecular weight is 222 g/mol. The zero-order valence-corrected chi connectivity index (χ0v) is 9.77. The van der Waals surface area contributed by atoms with Crippen LogP contribution in [0.4, 0.5) is 5.69 Å². The highest BCUT2D eigenvalue weighted by atomic mass is 16.6. The molecule has 0 atom stereocenters. The predicted molar refractivity (Wildman–Crippen MR) is 64.3 cm³/mol. The zero-order chi connectivity index (χ0) is 12.2. The molecular weight excluding hydrogens is 204 g/mol. The van der Waals surface area contributed by atoms with Crippen LogP contribution in [0.5, 0.6) is 0 Å². The van der Waals surface area contributed by atoms with Crippen LogP contribution >= 0.6 is 0 Å². The van der Waals surface area contributed by atoms with Crippen LogP contribution in [0.25, 0.3) is 0 Å². The summed E-state index contributed by atoms with van der Waals surface area (Å²) in [5.74, 6) is 0. The Balaban J connectivity index is 3.01. The van der Waals surface area contributed by atoms with Crippen molar-refractivity contribution in [2.75, 3.05) is 0 Å². The number of hydrogen-bond acceptors (Lipinski definition) is 3. The third kappa shape index (κ3) is 2.79. The van der Waals surface area contributed by atoms with Gasteiger partial charge in [-0.25, -0.2) is 0 Å². The highest BCUT2D eigenvalue weighted by molar-refractivity contribution is 5.40. The van der Waals surface area contributed by atoms with Gasteiger partial charge in [-0.2, -0.15) is 0 Å². The highest BCUT2D eigenvalue weighted by Gasteiger charge is 2.24. The fourth-order valence-electron chi connectivity index (χ4n) is 1.72. The summed E-state index contributed by atoms with van der Waals surface area (Å²) in [6.07, 6.45) is 2.18. The molecule has 16 heavy (non-hydrogen) atoms. The van der Waals surface area contributed by atoms with Crippen molar-refractivity contribution in [2.45, 2.75) is 38.6 Å². The Morgan fingerprint density at radius 3 is 2.38 bits per heavy atom. The molecule has 0 saturated heterocycles. The maximum atomic E-state index is 10.8. The lowest BCUT2D eigenvalue weighted by atomic mass is 9.86. The Bertz CT molecular complexity index is 373. The minimum atomic E-state index is -0.346. The molecule has 0 fully saturated rings. The van der Waals surface area contributed by atoms with E-state index in [1.807, 2.05) is 19.9 Å². The van der Waals surface area contributed by atoms with Gasteiger partial charge in [0, 0.05) is 17.2 Å². The van der Waals surface area contributed by atoms with E-state index in [4.69, 9.17) is 5.73 Å².